The zero-order valence-corrected chi connectivity index (χ0v) is 16.8. The Hall–Kier alpha value is -2.65. The minimum absolute atomic E-state index is 0.00210. The lowest BCUT2D eigenvalue weighted by Crippen LogP contribution is -2.29. The fourth-order valence-corrected chi connectivity index (χ4v) is 4.12. The van der Waals surface area contributed by atoms with E-state index in [1.54, 1.807) is 36.4 Å². The number of halogens is 1. The molecule has 152 valence electrons. The summed E-state index contributed by atoms with van der Waals surface area (Å²) in [5, 5.41) is 12.5. The smallest absolute Gasteiger partial charge is 0.251 e. The van der Waals surface area contributed by atoms with Crippen LogP contribution in [0.3, 0.4) is 0 Å². The molecule has 2 aromatic carbocycles. The van der Waals surface area contributed by atoms with E-state index in [1.165, 1.54) is 24.5 Å². The summed E-state index contributed by atoms with van der Waals surface area (Å²) >= 11 is 6.06. The first-order chi connectivity index (χ1) is 13.9. The molecule has 7 nitrogen and oxygen atoms in total. The Balaban J connectivity index is 1.70. The number of aliphatic hydroxyl groups excluding tert-OH is 1. The first-order valence-electron chi connectivity index (χ1n) is 8.69. The number of aliphatic hydroxyl groups is 1. The van der Waals surface area contributed by atoms with Crippen LogP contribution in [0.4, 0.5) is 0 Å². The Morgan fingerprint density at radius 3 is 2.55 bits per heavy atom. The molecule has 1 aromatic heterocycles. The molecule has 0 aliphatic rings. The van der Waals surface area contributed by atoms with Crippen LogP contribution in [0.15, 0.2) is 76.2 Å². The van der Waals surface area contributed by atoms with Crippen molar-refractivity contribution < 1.29 is 22.7 Å². The molecule has 1 unspecified atom stereocenters. The summed E-state index contributed by atoms with van der Waals surface area (Å²) in [6.07, 6.45) is 0.399. The lowest BCUT2D eigenvalue weighted by molar-refractivity contribution is 0.0901. The van der Waals surface area contributed by atoms with Crippen LogP contribution in [0, 0.1) is 0 Å². The summed E-state index contributed by atoms with van der Waals surface area (Å²) in [6, 6.07) is 16.2. The highest BCUT2D eigenvalue weighted by atomic mass is 35.5. The standard InChI is InChI=1S/C20H19ClN2O5S/c21-16-9-8-15(20(25)22-13-17(24)18-7-4-10-28-18)11-19(16)29(26,27)23-12-14-5-2-1-3-6-14/h1-11,17,23-24H,12-13H2,(H,22,25). The van der Waals surface area contributed by atoms with Gasteiger partial charge in [0.05, 0.1) is 17.8 Å². The number of sulfonamides is 1. The summed E-state index contributed by atoms with van der Waals surface area (Å²) < 4.78 is 32.8. The van der Waals surface area contributed by atoms with E-state index in [1.807, 2.05) is 6.07 Å². The van der Waals surface area contributed by atoms with Gasteiger partial charge in [0.1, 0.15) is 16.8 Å². The van der Waals surface area contributed by atoms with Gasteiger partial charge in [-0.15, -0.1) is 0 Å². The average molecular weight is 435 g/mol. The van der Waals surface area contributed by atoms with Crippen LogP contribution >= 0.6 is 11.6 Å². The lowest BCUT2D eigenvalue weighted by Gasteiger charge is -2.12. The van der Waals surface area contributed by atoms with Crippen molar-refractivity contribution >= 4 is 27.5 Å². The van der Waals surface area contributed by atoms with E-state index < -0.39 is 22.0 Å². The first-order valence-corrected chi connectivity index (χ1v) is 10.6. The van der Waals surface area contributed by atoms with Gasteiger partial charge < -0.3 is 14.8 Å². The molecule has 9 heteroatoms. The maximum Gasteiger partial charge on any atom is 0.251 e. The molecule has 1 amide bonds. The summed E-state index contributed by atoms with van der Waals surface area (Å²) in [4.78, 5) is 12.2. The summed E-state index contributed by atoms with van der Waals surface area (Å²) in [7, 11) is -3.94. The van der Waals surface area contributed by atoms with Crippen LogP contribution in [-0.2, 0) is 16.6 Å². The summed E-state index contributed by atoms with van der Waals surface area (Å²) in [6.45, 7) is -0.00538. The molecule has 0 fully saturated rings. The van der Waals surface area contributed by atoms with Gasteiger partial charge in [-0.3, -0.25) is 4.79 Å². The second kappa shape index (κ2) is 9.23. The molecule has 3 N–H and O–H groups in total. The van der Waals surface area contributed by atoms with Gasteiger partial charge in [-0.05, 0) is 35.9 Å². The minimum atomic E-state index is -3.94. The number of carbonyl (C=O) groups excluding carboxylic acids is 1. The number of nitrogens with one attached hydrogen (secondary N) is 2. The van der Waals surface area contributed by atoms with E-state index in [2.05, 4.69) is 10.0 Å². The van der Waals surface area contributed by atoms with Crippen molar-refractivity contribution in [2.45, 2.75) is 17.5 Å². The highest BCUT2D eigenvalue weighted by molar-refractivity contribution is 7.89. The van der Waals surface area contributed by atoms with Crippen LogP contribution in [0.1, 0.15) is 27.8 Å². The zero-order valence-electron chi connectivity index (χ0n) is 15.2. The molecule has 3 rings (SSSR count). The molecule has 0 aliphatic heterocycles. The molecule has 3 aromatic rings. The van der Waals surface area contributed by atoms with E-state index in [0.717, 1.165) is 5.56 Å². The molecule has 1 heterocycles. The molecule has 0 radical (unpaired) electrons. The lowest BCUT2D eigenvalue weighted by atomic mass is 10.2. The second-order valence-electron chi connectivity index (χ2n) is 6.20. The number of amides is 1. The molecule has 0 spiro atoms. The van der Waals surface area contributed by atoms with E-state index >= 15 is 0 Å². The van der Waals surface area contributed by atoms with Gasteiger partial charge in [0.15, 0.2) is 0 Å². The van der Waals surface area contributed by atoms with Gasteiger partial charge in [-0.2, -0.15) is 0 Å². The molecule has 29 heavy (non-hydrogen) atoms. The van der Waals surface area contributed by atoms with Crippen molar-refractivity contribution in [3.63, 3.8) is 0 Å². The van der Waals surface area contributed by atoms with Crippen molar-refractivity contribution in [1.29, 1.82) is 0 Å². The fraction of sp³-hybridized carbons (Fsp3) is 0.150. The fourth-order valence-electron chi connectivity index (χ4n) is 2.58. The van der Waals surface area contributed by atoms with Gasteiger partial charge >= 0.3 is 0 Å². The monoisotopic (exact) mass is 434 g/mol. The van der Waals surface area contributed by atoms with E-state index in [4.69, 9.17) is 16.0 Å². The Morgan fingerprint density at radius 2 is 1.86 bits per heavy atom. The Morgan fingerprint density at radius 1 is 1.10 bits per heavy atom. The quantitative estimate of drug-likeness (QED) is 0.505. The topological polar surface area (TPSA) is 109 Å². The predicted molar refractivity (Wildman–Crippen MR) is 108 cm³/mol. The number of furan rings is 1. The number of hydrogen-bond acceptors (Lipinski definition) is 5. The van der Waals surface area contributed by atoms with Gasteiger partial charge in [0.2, 0.25) is 10.0 Å². The molecule has 1 atom stereocenters. The van der Waals surface area contributed by atoms with Crippen molar-refractivity contribution in [1.82, 2.24) is 10.0 Å². The Labute approximate surface area is 173 Å². The molecule has 0 saturated heterocycles. The van der Waals surface area contributed by atoms with Crippen LogP contribution in [0.2, 0.25) is 5.02 Å². The second-order valence-corrected chi connectivity index (χ2v) is 8.34. The highest BCUT2D eigenvalue weighted by Crippen LogP contribution is 2.23. The van der Waals surface area contributed by atoms with Gasteiger partial charge in [0.25, 0.3) is 5.91 Å². The van der Waals surface area contributed by atoms with Crippen LogP contribution in [0.5, 0.6) is 0 Å². The predicted octanol–water partition coefficient (Wildman–Crippen LogP) is 2.87. The number of hydrogen-bond donors (Lipinski definition) is 3. The van der Waals surface area contributed by atoms with Crippen LogP contribution in [-0.4, -0.2) is 26.0 Å². The van der Waals surface area contributed by atoms with Crippen LogP contribution in [0.25, 0.3) is 0 Å². The maximum atomic E-state index is 12.6. The number of carbonyl (C=O) groups is 1. The summed E-state index contributed by atoms with van der Waals surface area (Å²) in [5.41, 5.74) is 0.883. The van der Waals surface area contributed by atoms with E-state index in [9.17, 15) is 18.3 Å². The van der Waals surface area contributed by atoms with Crippen molar-refractivity contribution in [2.75, 3.05) is 6.54 Å². The minimum Gasteiger partial charge on any atom is -0.467 e. The van der Waals surface area contributed by atoms with Gasteiger partial charge in [0, 0.05) is 12.1 Å². The third-order valence-corrected chi connectivity index (χ3v) is 6.00. The molecular weight excluding hydrogens is 416 g/mol. The molecule has 0 saturated carbocycles. The maximum absolute atomic E-state index is 12.6. The first kappa shape index (κ1) is 21.1. The Bertz CT molecular complexity index is 1070. The van der Waals surface area contributed by atoms with Crippen molar-refractivity contribution in [3.8, 4) is 0 Å². The van der Waals surface area contributed by atoms with Crippen molar-refractivity contribution in [2.24, 2.45) is 0 Å². The van der Waals surface area contributed by atoms with Crippen molar-refractivity contribution in [3.05, 3.63) is 88.8 Å². The molecule has 0 bridgehead atoms. The van der Waals surface area contributed by atoms with Gasteiger partial charge in [-0.25, -0.2) is 13.1 Å². The van der Waals surface area contributed by atoms with Crippen LogP contribution < -0.4 is 10.0 Å². The zero-order chi connectivity index (χ0) is 20.9. The third kappa shape index (κ3) is 5.45. The number of rotatable bonds is 8. The third-order valence-electron chi connectivity index (χ3n) is 4.12. The average Bonchev–Trinajstić information content (AvgIpc) is 3.26. The highest BCUT2D eigenvalue weighted by Gasteiger charge is 2.20. The largest absolute Gasteiger partial charge is 0.467 e. The van der Waals surface area contributed by atoms with E-state index in [-0.39, 0.29) is 28.6 Å². The SMILES string of the molecule is O=C(NCC(O)c1ccco1)c1ccc(Cl)c(S(=O)(=O)NCc2ccccc2)c1. The molecular formula is C20H19ClN2O5S. The van der Waals surface area contributed by atoms with Gasteiger partial charge in [-0.1, -0.05) is 41.9 Å². The van der Waals surface area contributed by atoms with E-state index in [0.29, 0.717) is 5.76 Å². The Kier molecular flexibility index (Phi) is 6.71. The molecule has 0 aliphatic carbocycles. The normalized spacial score (nSPS) is 12.5. The summed E-state index contributed by atoms with van der Waals surface area (Å²) in [5.74, 6) is -0.235. The number of benzene rings is 2.